The number of para-hydroxylation sites is 1. The maximum atomic E-state index is 12.5. The molecular formula is C19H15N5O3. The number of esters is 1. The van der Waals surface area contributed by atoms with Crippen molar-refractivity contribution in [3.63, 3.8) is 0 Å². The molecule has 0 fully saturated rings. The summed E-state index contributed by atoms with van der Waals surface area (Å²) in [6.07, 6.45) is 2.90. The van der Waals surface area contributed by atoms with Crippen LogP contribution in [0.15, 0.2) is 65.5 Å². The van der Waals surface area contributed by atoms with E-state index < -0.39 is 5.97 Å². The fourth-order valence-corrected chi connectivity index (χ4v) is 2.54. The summed E-state index contributed by atoms with van der Waals surface area (Å²) in [6.45, 7) is 2.01. The van der Waals surface area contributed by atoms with Crippen molar-refractivity contribution < 1.29 is 13.9 Å². The van der Waals surface area contributed by atoms with Crippen molar-refractivity contribution in [3.8, 4) is 17.1 Å². The molecule has 0 atom stereocenters. The minimum atomic E-state index is -0.499. The molecule has 0 bridgehead atoms. The SMILES string of the molecule is Cc1ccc(-c2nc(COC(=O)c3ccccc3-n3cnnn3)co2)cc1. The first-order chi connectivity index (χ1) is 13.2. The Labute approximate surface area is 154 Å². The Morgan fingerprint density at radius 1 is 1.15 bits per heavy atom. The van der Waals surface area contributed by atoms with Crippen molar-refractivity contribution in [3.05, 3.63) is 77.9 Å². The molecule has 0 spiro atoms. The van der Waals surface area contributed by atoms with E-state index in [4.69, 9.17) is 9.15 Å². The van der Waals surface area contributed by atoms with Crippen LogP contribution in [0.1, 0.15) is 21.6 Å². The zero-order valence-electron chi connectivity index (χ0n) is 14.4. The van der Waals surface area contributed by atoms with Crippen LogP contribution in [0, 0.1) is 6.92 Å². The third-order valence-corrected chi connectivity index (χ3v) is 3.92. The van der Waals surface area contributed by atoms with Crippen LogP contribution in [0.3, 0.4) is 0 Å². The van der Waals surface area contributed by atoms with Gasteiger partial charge in [0.15, 0.2) is 0 Å². The molecule has 8 nitrogen and oxygen atoms in total. The van der Waals surface area contributed by atoms with Gasteiger partial charge < -0.3 is 9.15 Å². The van der Waals surface area contributed by atoms with Crippen molar-refractivity contribution in [1.29, 1.82) is 0 Å². The Balaban J connectivity index is 1.47. The summed E-state index contributed by atoms with van der Waals surface area (Å²) in [6, 6.07) is 14.7. The first-order valence-corrected chi connectivity index (χ1v) is 8.21. The Hall–Kier alpha value is -3.81. The lowest BCUT2D eigenvalue weighted by molar-refractivity contribution is 0.0467. The van der Waals surface area contributed by atoms with Crippen LogP contribution >= 0.6 is 0 Å². The molecule has 27 heavy (non-hydrogen) atoms. The fourth-order valence-electron chi connectivity index (χ4n) is 2.54. The van der Waals surface area contributed by atoms with Crippen molar-refractivity contribution >= 4 is 5.97 Å². The van der Waals surface area contributed by atoms with Crippen molar-refractivity contribution in [1.82, 2.24) is 25.2 Å². The largest absolute Gasteiger partial charge is 0.455 e. The van der Waals surface area contributed by atoms with Crippen LogP contribution in [0.25, 0.3) is 17.1 Å². The van der Waals surface area contributed by atoms with Gasteiger partial charge >= 0.3 is 5.97 Å². The van der Waals surface area contributed by atoms with Crippen LogP contribution in [0.5, 0.6) is 0 Å². The molecule has 4 rings (SSSR count). The highest BCUT2D eigenvalue weighted by molar-refractivity contribution is 5.93. The van der Waals surface area contributed by atoms with Gasteiger partial charge in [0.25, 0.3) is 0 Å². The van der Waals surface area contributed by atoms with Crippen LogP contribution in [-0.2, 0) is 11.3 Å². The Morgan fingerprint density at radius 2 is 1.96 bits per heavy atom. The molecular weight excluding hydrogens is 346 g/mol. The monoisotopic (exact) mass is 361 g/mol. The minimum Gasteiger partial charge on any atom is -0.455 e. The maximum absolute atomic E-state index is 12.5. The first kappa shape index (κ1) is 16.6. The average Bonchev–Trinajstić information content (AvgIpc) is 3.39. The number of rotatable bonds is 5. The lowest BCUT2D eigenvalue weighted by atomic mass is 10.1. The standard InChI is InChI=1S/C19H15N5O3/c1-13-6-8-14(9-7-13)18-21-15(10-26-18)11-27-19(25)16-4-2-3-5-17(16)24-12-20-22-23-24/h2-10,12H,11H2,1H3. The fraction of sp³-hybridized carbons (Fsp3) is 0.105. The number of nitrogens with zero attached hydrogens (tertiary/aromatic N) is 5. The third-order valence-electron chi connectivity index (χ3n) is 3.92. The molecule has 0 aliphatic carbocycles. The second kappa shape index (κ2) is 7.20. The van der Waals surface area contributed by atoms with Gasteiger partial charge in [0, 0.05) is 5.56 Å². The summed E-state index contributed by atoms with van der Waals surface area (Å²) in [5.74, 6) is -0.0175. The highest BCUT2D eigenvalue weighted by Crippen LogP contribution is 2.20. The van der Waals surface area contributed by atoms with Crippen LogP contribution in [0.4, 0.5) is 0 Å². The topological polar surface area (TPSA) is 95.9 Å². The van der Waals surface area contributed by atoms with E-state index in [1.807, 2.05) is 31.2 Å². The number of carbonyl (C=O) groups excluding carboxylic acids is 1. The van der Waals surface area contributed by atoms with E-state index in [1.54, 1.807) is 24.3 Å². The number of carbonyl (C=O) groups is 1. The van der Waals surface area contributed by atoms with Gasteiger partial charge in [0.2, 0.25) is 5.89 Å². The van der Waals surface area contributed by atoms with Gasteiger partial charge in [-0.05, 0) is 41.6 Å². The Kier molecular flexibility index (Phi) is 4.44. The predicted molar refractivity (Wildman–Crippen MR) is 94.9 cm³/mol. The molecule has 0 amide bonds. The number of benzene rings is 2. The second-order valence-electron chi connectivity index (χ2n) is 5.86. The van der Waals surface area contributed by atoms with Crippen molar-refractivity contribution in [2.75, 3.05) is 0 Å². The van der Waals surface area contributed by atoms with Gasteiger partial charge in [-0.3, -0.25) is 0 Å². The Bertz CT molecular complexity index is 1060. The molecule has 2 heterocycles. The summed E-state index contributed by atoms with van der Waals surface area (Å²) >= 11 is 0. The van der Waals surface area contributed by atoms with E-state index in [-0.39, 0.29) is 6.61 Å². The summed E-state index contributed by atoms with van der Waals surface area (Å²) in [4.78, 5) is 16.9. The normalized spacial score (nSPS) is 10.7. The number of aryl methyl sites for hydroxylation is 1. The number of hydrogen-bond acceptors (Lipinski definition) is 7. The number of hydrogen-bond donors (Lipinski definition) is 0. The molecule has 134 valence electrons. The van der Waals surface area contributed by atoms with Gasteiger partial charge in [-0.1, -0.05) is 29.8 Å². The molecule has 0 saturated heterocycles. The highest BCUT2D eigenvalue weighted by Gasteiger charge is 2.16. The lowest BCUT2D eigenvalue weighted by Gasteiger charge is -2.07. The molecule has 2 aromatic heterocycles. The number of aromatic nitrogens is 5. The minimum absolute atomic E-state index is 0.00185. The molecule has 0 aliphatic rings. The quantitative estimate of drug-likeness (QED) is 0.504. The zero-order chi connectivity index (χ0) is 18.6. The van der Waals surface area contributed by atoms with Gasteiger partial charge in [-0.25, -0.2) is 9.78 Å². The van der Waals surface area contributed by atoms with Gasteiger partial charge in [-0.15, -0.1) is 5.10 Å². The number of oxazole rings is 1. The van der Waals surface area contributed by atoms with Crippen LogP contribution in [0.2, 0.25) is 0 Å². The smallest absolute Gasteiger partial charge is 0.340 e. The zero-order valence-corrected chi connectivity index (χ0v) is 14.4. The summed E-state index contributed by atoms with van der Waals surface area (Å²) in [7, 11) is 0. The van der Waals surface area contributed by atoms with E-state index in [0.717, 1.165) is 11.1 Å². The molecule has 8 heteroatoms. The summed E-state index contributed by atoms with van der Waals surface area (Å²) < 4.78 is 12.3. The number of tetrazole rings is 1. The molecule has 4 aromatic rings. The average molecular weight is 361 g/mol. The Morgan fingerprint density at radius 3 is 2.74 bits per heavy atom. The van der Waals surface area contributed by atoms with E-state index >= 15 is 0 Å². The van der Waals surface area contributed by atoms with E-state index in [2.05, 4.69) is 20.5 Å². The molecule has 0 saturated carbocycles. The predicted octanol–water partition coefficient (Wildman–Crippen LogP) is 2.98. The number of ether oxygens (including phenoxy) is 1. The third kappa shape index (κ3) is 3.59. The maximum Gasteiger partial charge on any atom is 0.340 e. The van der Waals surface area contributed by atoms with Crippen LogP contribution in [-0.4, -0.2) is 31.2 Å². The molecule has 0 N–H and O–H groups in total. The van der Waals surface area contributed by atoms with E-state index in [9.17, 15) is 4.79 Å². The first-order valence-electron chi connectivity index (χ1n) is 8.21. The summed E-state index contributed by atoms with van der Waals surface area (Å²) in [5.41, 5.74) is 3.43. The molecule has 0 aliphatic heterocycles. The van der Waals surface area contributed by atoms with Gasteiger partial charge in [-0.2, -0.15) is 4.68 Å². The molecule has 0 radical (unpaired) electrons. The highest BCUT2D eigenvalue weighted by atomic mass is 16.5. The molecule has 0 unspecified atom stereocenters. The van der Waals surface area contributed by atoms with E-state index in [0.29, 0.717) is 22.8 Å². The lowest BCUT2D eigenvalue weighted by Crippen LogP contribution is -2.10. The van der Waals surface area contributed by atoms with Gasteiger partial charge in [0.05, 0.1) is 11.3 Å². The molecule has 2 aromatic carbocycles. The van der Waals surface area contributed by atoms with Crippen LogP contribution < -0.4 is 0 Å². The summed E-state index contributed by atoms with van der Waals surface area (Å²) in [5, 5.41) is 11.0. The van der Waals surface area contributed by atoms with E-state index in [1.165, 1.54) is 17.3 Å². The van der Waals surface area contributed by atoms with Crippen molar-refractivity contribution in [2.45, 2.75) is 13.5 Å². The second-order valence-corrected chi connectivity index (χ2v) is 5.86. The van der Waals surface area contributed by atoms with Gasteiger partial charge in [0.1, 0.15) is 24.9 Å². The van der Waals surface area contributed by atoms with Crippen molar-refractivity contribution in [2.24, 2.45) is 0 Å².